The number of anilines is 1. The first-order valence-corrected chi connectivity index (χ1v) is 17.1. The molecule has 0 saturated carbocycles. The molecule has 0 bridgehead atoms. The number of rotatable bonds is 10. The van der Waals surface area contributed by atoms with Gasteiger partial charge in [-0.15, -0.1) is 0 Å². The van der Waals surface area contributed by atoms with Crippen LogP contribution in [0.1, 0.15) is 25.0 Å². The summed E-state index contributed by atoms with van der Waals surface area (Å²) in [6.07, 6.45) is -0.797. The lowest BCUT2D eigenvalue weighted by molar-refractivity contribution is -0.134. The minimum atomic E-state index is -3.96. The second-order valence-electron chi connectivity index (χ2n) is 11.1. The van der Waals surface area contributed by atoms with Crippen LogP contribution in [0.2, 0.25) is 0 Å². The van der Waals surface area contributed by atoms with Crippen LogP contribution in [0.4, 0.5) is 5.69 Å². The Bertz CT molecular complexity index is 1680. The first kappa shape index (κ1) is 33.2. The molecule has 238 valence electrons. The van der Waals surface area contributed by atoms with Gasteiger partial charge >= 0.3 is 0 Å². The van der Waals surface area contributed by atoms with E-state index in [0.29, 0.717) is 17.1 Å². The Morgan fingerprint density at radius 2 is 1.68 bits per heavy atom. The van der Waals surface area contributed by atoms with E-state index in [1.54, 1.807) is 54.3 Å². The molecule has 3 aromatic carbocycles. The van der Waals surface area contributed by atoms with Gasteiger partial charge in [0.25, 0.3) is 10.0 Å². The molecule has 0 fully saturated rings. The van der Waals surface area contributed by atoms with Gasteiger partial charge in [0.1, 0.15) is 17.6 Å². The molecule has 1 aliphatic heterocycles. The van der Waals surface area contributed by atoms with Gasteiger partial charge in [0.15, 0.2) is 0 Å². The number of methoxy groups -OCH3 is 1. The Hall–Kier alpha value is -3.65. The third-order valence-electron chi connectivity index (χ3n) is 7.70. The molecule has 4 rings (SSSR count). The van der Waals surface area contributed by atoms with Gasteiger partial charge in [-0.2, -0.15) is 4.31 Å². The van der Waals surface area contributed by atoms with Crippen LogP contribution in [0, 0.1) is 12.8 Å². The van der Waals surface area contributed by atoms with E-state index >= 15 is 0 Å². The van der Waals surface area contributed by atoms with E-state index in [1.807, 2.05) is 13.8 Å². The number of aliphatic hydroxyl groups excluding tert-OH is 1. The SMILES string of the molecule is COc1ccc(S(=O)(=O)Nc2ccc3c(c2)CC(=O)N([C@H](C)CO)C[C@H](C)[C@@H](CN(C)S(=O)(=O)c2ccc(C)cc2)O3)cc1. The van der Waals surface area contributed by atoms with Crippen molar-refractivity contribution >= 4 is 31.6 Å². The van der Waals surface area contributed by atoms with Gasteiger partial charge in [0.05, 0.1) is 42.5 Å². The van der Waals surface area contributed by atoms with Gasteiger partial charge in [0, 0.05) is 30.8 Å². The smallest absolute Gasteiger partial charge is 0.261 e. The van der Waals surface area contributed by atoms with Crippen molar-refractivity contribution in [2.75, 3.05) is 38.6 Å². The largest absolute Gasteiger partial charge is 0.497 e. The molecule has 0 saturated heterocycles. The number of hydrogen-bond acceptors (Lipinski definition) is 8. The molecule has 3 aromatic rings. The number of sulfonamides is 2. The molecule has 2 N–H and O–H groups in total. The Balaban J connectivity index is 1.67. The van der Waals surface area contributed by atoms with Crippen molar-refractivity contribution in [1.82, 2.24) is 9.21 Å². The molecule has 0 aliphatic carbocycles. The lowest BCUT2D eigenvalue weighted by Gasteiger charge is -2.33. The monoisotopic (exact) mass is 645 g/mol. The summed E-state index contributed by atoms with van der Waals surface area (Å²) in [5.74, 6) is 0.240. The summed E-state index contributed by atoms with van der Waals surface area (Å²) in [7, 11) is -4.83. The quantitative estimate of drug-likeness (QED) is 0.342. The molecular formula is C31H39N3O8S2. The predicted molar refractivity (Wildman–Crippen MR) is 167 cm³/mol. The topological polar surface area (TPSA) is 143 Å². The molecular weight excluding hydrogens is 606 g/mol. The van der Waals surface area contributed by atoms with E-state index in [0.717, 1.165) is 5.56 Å². The Labute approximate surface area is 259 Å². The molecule has 0 spiro atoms. The van der Waals surface area contributed by atoms with Crippen LogP contribution in [0.3, 0.4) is 0 Å². The van der Waals surface area contributed by atoms with Crippen molar-refractivity contribution in [3.05, 3.63) is 77.9 Å². The second-order valence-corrected chi connectivity index (χ2v) is 14.8. The fourth-order valence-corrected chi connectivity index (χ4v) is 7.15. The third kappa shape index (κ3) is 7.52. The Kier molecular flexibility index (Phi) is 10.2. The van der Waals surface area contributed by atoms with Crippen LogP contribution in [-0.2, 0) is 31.3 Å². The van der Waals surface area contributed by atoms with Crippen molar-refractivity contribution < 1.29 is 36.2 Å². The maximum Gasteiger partial charge on any atom is 0.261 e. The molecule has 3 atom stereocenters. The number of benzene rings is 3. The highest BCUT2D eigenvalue weighted by Crippen LogP contribution is 2.31. The average Bonchev–Trinajstić information content (AvgIpc) is 3.04. The number of carbonyl (C=O) groups excluding carboxylic acids is 1. The summed E-state index contributed by atoms with van der Waals surface area (Å²) < 4.78 is 68.3. The Morgan fingerprint density at radius 1 is 1.05 bits per heavy atom. The second kappa shape index (κ2) is 13.6. The normalized spacial score (nSPS) is 18.4. The predicted octanol–water partition coefficient (Wildman–Crippen LogP) is 3.27. The zero-order valence-electron chi connectivity index (χ0n) is 25.4. The summed E-state index contributed by atoms with van der Waals surface area (Å²) in [6.45, 7) is 5.41. The standard InChI is InChI=1S/C31H39N3O8S2/c1-21-6-11-28(12-7-21)44(39,40)33(4)19-30-22(2)18-34(23(3)20-35)31(36)17-24-16-25(8-15-29(24)42-30)32-43(37,38)27-13-9-26(41-5)10-14-27/h6-16,22-23,30,32,35H,17-20H2,1-5H3/t22-,23+,30+/m0/s1. The molecule has 1 aliphatic rings. The van der Waals surface area contributed by atoms with Crippen LogP contribution in [0.5, 0.6) is 11.5 Å². The van der Waals surface area contributed by atoms with E-state index in [1.165, 1.54) is 42.7 Å². The van der Waals surface area contributed by atoms with Crippen LogP contribution in [-0.4, -0.2) is 83.1 Å². The fourth-order valence-electron chi connectivity index (χ4n) is 4.92. The van der Waals surface area contributed by atoms with Gasteiger partial charge in [-0.25, -0.2) is 16.8 Å². The summed E-state index contributed by atoms with van der Waals surface area (Å²) in [5, 5.41) is 9.90. The lowest BCUT2D eigenvalue weighted by Crippen LogP contribution is -2.48. The highest BCUT2D eigenvalue weighted by Gasteiger charge is 2.33. The molecule has 13 heteroatoms. The maximum absolute atomic E-state index is 13.5. The minimum absolute atomic E-state index is 0.0157. The van der Waals surface area contributed by atoms with Gasteiger partial charge in [0.2, 0.25) is 15.9 Å². The van der Waals surface area contributed by atoms with Crippen LogP contribution in [0.15, 0.2) is 76.5 Å². The average molecular weight is 646 g/mol. The van der Waals surface area contributed by atoms with E-state index in [-0.39, 0.29) is 53.4 Å². The molecule has 1 heterocycles. The number of nitrogens with one attached hydrogen (secondary N) is 1. The summed E-state index contributed by atoms with van der Waals surface area (Å²) in [5.41, 5.74) is 1.58. The van der Waals surface area contributed by atoms with Crippen LogP contribution >= 0.6 is 0 Å². The van der Waals surface area contributed by atoms with E-state index < -0.39 is 32.2 Å². The first-order chi connectivity index (χ1) is 20.7. The van der Waals surface area contributed by atoms with Gasteiger partial charge in [-0.1, -0.05) is 24.6 Å². The molecule has 11 nitrogen and oxygen atoms in total. The zero-order chi connectivity index (χ0) is 32.2. The fraction of sp³-hybridized carbons (Fsp3) is 0.387. The summed E-state index contributed by atoms with van der Waals surface area (Å²) in [4.78, 5) is 15.2. The van der Waals surface area contributed by atoms with Crippen molar-refractivity contribution in [1.29, 1.82) is 0 Å². The van der Waals surface area contributed by atoms with E-state index in [4.69, 9.17) is 9.47 Å². The van der Waals surface area contributed by atoms with Crippen molar-refractivity contribution in [2.24, 2.45) is 5.92 Å². The zero-order valence-corrected chi connectivity index (χ0v) is 27.1. The number of ether oxygens (including phenoxy) is 2. The number of aryl methyl sites for hydroxylation is 1. The van der Waals surface area contributed by atoms with E-state index in [2.05, 4.69) is 4.72 Å². The van der Waals surface area contributed by atoms with Crippen molar-refractivity contribution in [3.8, 4) is 11.5 Å². The maximum atomic E-state index is 13.5. The molecule has 0 unspecified atom stereocenters. The van der Waals surface area contributed by atoms with Gasteiger partial charge in [-0.05, 0) is 68.4 Å². The van der Waals surface area contributed by atoms with Crippen LogP contribution in [0.25, 0.3) is 0 Å². The molecule has 1 amide bonds. The third-order valence-corrected chi connectivity index (χ3v) is 10.9. The highest BCUT2D eigenvalue weighted by atomic mass is 32.2. The van der Waals surface area contributed by atoms with Crippen molar-refractivity contribution in [3.63, 3.8) is 0 Å². The lowest BCUT2D eigenvalue weighted by atomic mass is 10.0. The number of fused-ring (bicyclic) bond motifs is 1. The molecule has 0 radical (unpaired) electrons. The van der Waals surface area contributed by atoms with Crippen LogP contribution < -0.4 is 14.2 Å². The number of amides is 1. The van der Waals surface area contributed by atoms with Gasteiger partial charge in [-0.3, -0.25) is 9.52 Å². The Morgan fingerprint density at radius 3 is 2.30 bits per heavy atom. The van der Waals surface area contributed by atoms with Crippen molar-refractivity contribution in [2.45, 2.75) is 49.1 Å². The minimum Gasteiger partial charge on any atom is -0.497 e. The number of aliphatic hydroxyl groups is 1. The molecule has 44 heavy (non-hydrogen) atoms. The van der Waals surface area contributed by atoms with E-state index in [9.17, 15) is 26.7 Å². The number of nitrogens with zero attached hydrogens (tertiary/aromatic N) is 2. The first-order valence-electron chi connectivity index (χ1n) is 14.1. The number of carbonyl (C=O) groups is 1. The van der Waals surface area contributed by atoms with Gasteiger partial charge < -0.3 is 19.5 Å². The number of likely N-dealkylation sites (N-methyl/N-ethyl adjacent to an activating group) is 1. The summed E-state index contributed by atoms with van der Waals surface area (Å²) in [6, 6.07) is 16.7. The summed E-state index contributed by atoms with van der Waals surface area (Å²) >= 11 is 0. The molecule has 0 aromatic heterocycles. The number of hydrogen-bond donors (Lipinski definition) is 2. The highest BCUT2D eigenvalue weighted by molar-refractivity contribution is 7.92.